The van der Waals surface area contributed by atoms with E-state index in [-0.39, 0.29) is 23.9 Å². The predicted molar refractivity (Wildman–Crippen MR) is 161 cm³/mol. The summed E-state index contributed by atoms with van der Waals surface area (Å²) in [6.45, 7) is 5.91. The highest BCUT2D eigenvalue weighted by Gasteiger charge is 2.37. The molecule has 0 fully saturated rings. The summed E-state index contributed by atoms with van der Waals surface area (Å²) in [6, 6.07) is 12.1. The van der Waals surface area contributed by atoms with Crippen molar-refractivity contribution in [3.05, 3.63) is 94.3 Å². The number of carbonyl (C=O) groups is 2. The standard InChI is InChI=1S/C31H34ClF4N3O4S/c1-5-21(4)37-30(41)28(6-2)38(18-22-9-11-23(33)12-10-22)29(40)19-39(44(42,43)25-14-7-20(3)8-15-25)24-13-16-27(32)26(17-24)31(34,35)36/h7-17,21,28H,5-6,18-19H2,1-4H3,(H,37,41)/t21-,28-/m0/s1. The molecule has 0 bridgehead atoms. The van der Waals surface area contributed by atoms with Crippen molar-refractivity contribution in [2.45, 2.75) is 70.2 Å². The molecule has 0 aliphatic rings. The quantitative estimate of drug-likeness (QED) is 0.220. The molecule has 0 unspecified atom stereocenters. The number of aryl methyl sites for hydroxylation is 1. The van der Waals surface area contributed by atoms with E-state index in [0.717, 1.165) is 22.6 Å². The van der Waals surface area contributed by atoms with E-state index in [4.69, 9.17) is 11.6 Å². The van der Waals surface area contributed by atoms with Crippen molar-refractivity contribution in [2.24, 2.45) is 0 Å². The summed E-state index contributed by atoms with van der Waals surface area (Å²) in [5, 5.41) is 2.18. The number of amides is 2. The van der Waals surface area contributed by atoms with Gasteiger partial charge >= 0.3 is 6.18 Å². The second-order valence-corrected chi connectivity index (χ2v) is 12.6. The van der Waals surface area contributed by atoms with Crippen LogP contribution in [0.5, 0.6) is 0 Å². The van der Waals surface area contributed by atoms with Crippen molar-refractivity contribution in [2.75, 3.05) is 10.8 Å². The van der Waals surface area contributed by atoms with Crippen molar-refractivity contribution in [3.63, 3.8) is 0 Å². The van der Waals surface area contributed by atoms with Gasteiger partial charge in [0.2, 0.25) is 11.8 Å². The Morgan fingerprint density at radius 3 is 2.11 bits per heavy atom. The molecule has 0 aromatic heterocycles. The number of nitrogens with zero attached hydrogens (tertiary/aromatic N) is 2. The van der Waals surface area contributed by atoms with Gasteiger partial charge in [0.25, 0.3) is 10.0 Å². The van der Waals surface area contributed by atoms with E-state index in [9.17, 15) is 35.6 Å². The summed E-state index contributed by atoms with van der Waals surface area (Å²) in [7, 11) is -4.60. The van der Waals surface area contributed by atoms with Crippen LogP contribution < -0.4 is 9.62 Å². The van der Waals surface area contributed by atoms with Crippen molar-refractivity contribution in [1.29, 1.82) is 0 Å². The molecule has 238 valence electrons. The van der Waals surface area contributed by atoms with Crippen molar-refractivity contribution in [3.8, 4) is 0 Å². The van der Waals surface area contributed by atoms with Crippen LogP contribution in [0, 0.1) is 12.7 Å². The molecule has 2 amide bonds. The average Bonchev–Trinajstić information content (AvgIpc) is 2.96. The molecule has 0 saturated heterocycles. The highest BCUT2D eigenvalue weighted by atomic mass is 35.5. The number of anilines is 1. The van der Waals surface area contributed by atoms with Crippen molar-refractivity contribution in [1.82, 2.24) is 10.2 Å². The Labute approximate surface area is 259 Å². The lowest BCUT2D eigenvalue weighted by atomic mass is 10.1. The zero-order valence-electron chi connectivity index (χ0n) is 24.7. The van der Waals surface area contributed by atoms with Gasteiger partial charge in [0.15, 0.2) is 0 Å². The van der Waals surface area contributed by atoms with Crippen LogP contribution in [0.1, 0.15) is 50.3 Å². The molecule has 0 saturated carbocycles. The Bertz CT molecular complexity index is 1570. The van der Waals surface area contributed by atoms with Gasteiger partial charge in [-0.05, 0) is 74.7 Å². The molecule has 13 heteroatoms. The summed E-state index contributed by atoms with van der Waals surface area (Å²) in [4.78, 5) is 28.3. The van der Waals surface area contributed by atoms with Crippen molar-refractivity contribution >= 4 is 39.1 Å². The van der Waals surface area contributed by atoms with E-state index in [1.54, 1.807) is 20.8 Å². The van der Waals surface area contributed by atoms with Crippen LogP contribution in [0.25, 0.3) is 0 Å². The SMILES string of the molecule is CC[C@H](C)NC(=O)[C@H](CC)N(Cc1ccc(F)cc1)C(=O)CN(c1ccc(Cl)c(C(F)(F)F)c1)S(=O)(=O)c1ccc(C)cc1. The van der Waals surface area contributed by atoms with Crippen LogP contribution in [0.4, 0.5) is 23.2 Å². The van der Waals surface area contributed by atoms with Gasteiger partial charge in [-0.1, -0.05) is 55.3 Å². The van der Waals surface area contributed by atoms with E-state index >= 15 is 0 Å². The molecule has 7 nitrogen and oxygen atoms in total. The van der Waals surface area contributed by atoms with E-state index in [1.807, 2.05) is 6.92 Å². The fourth-order valence-electron chi connectivity index (χ4n) is 4.40. The number of halogens is 5. The van der Waals surface area contributed by atoms with Crippen LogP contribution in [0.15, 0.2) is 71.6 Å². The topological polar surface area (TPSA) is 86.8 Å². The Morgan fingerprint density at radius 1 is 0.955 bits per heavy atom. The number of rotatable bonds is 12. The molecule has 0 radical (unpaired) electrons. The van der Waals surface area contributed by atoms with Gasteiger partial charge in [0, 0.05) is 12.6 Å². The number of carbonyl (C=O) groups excluding carboxylic acids is 2. The minimum absolute atomic E-state index is 0.138. The van der Waals surface area contributed by atoms with Crippen LogP contribution in [-0.4, -0.2) is 43.8 Å². The van der Waals surface area contributed by atoms with Gasteiger partial charge in [0.05, 0.1) is 21.2 Å². The summed E-state index contributed by atoms with van der Waals surface area (Å²) in [6.07, 6.45) is -4.17. The van der Waals surface area contributed by atoms with E-state index in [1.165, 1.54) is 48.5 Å². The summed E-state index contributed by atoms with van der Waals surface area (Å²) >= 11 is 5.81. The Hall–Kier alpha value is -3.64. The zero-order valence-corrected chi connectivity index (χ0v) is 26.2. The van der Waals surface area contributed by atoms with Crippen molar-refractivity contribution < 1.29 is 35.6 Å². The van der Waals surface area contributed by atoms with Gasteiger partial charge in [-0.25, -0.2) is 12.8 Å². The predicted octanol–water partition coefficient (Wildman–Crippen LogP) is 6.72. The smallest absolute Gasteiger partial charge is 0.352 e. The number of hydrogen-bond acceptors (Lipinski definition) is 4. The maximum Gasteiger partial charge on any atom is 0.417 e. The maximum atomic E-state index is 14.1. The second kappa shape index (κ2) is 14.4. The van der Waals surface area contributed by atoms with Gasteiger partial charge in [-0.2, -0.15) is 13.2 Å². The van der Waals surface area contributed by atoms with Crippen LogP contribution >= 0.6 is 11.6 Å². The highest BCUT2D eigenvalue weighted by Crippen LogP contribution is 2.38. The third kappa shape index (κ3) is 8.50. The molecule has 2 atom stereocenters. The highest BCUT2D eigenvalue weighted by molar-refractivity contribution is 7.92. The molecular weight excluding hydrogens is 622 g/mol. The molecule has 0 aliphatic carbocycles. The van der Waals surface area contributed by atoms with E-state index < -0.39 is 62.7 Å². The number of benzene rings is 3. The third-order valence-corrected chi connectivity index (χ3v) is 9.20. The minimum Gasteiger partial charge on any atom is -0.352 e. The number of hydrogen-bond donors (Lipinski definition) is 1. The first-order chi connectivity index (χ1) is 20.6. The Morgan fingerprint density at radius 2 is 1.57 bits per heavy atom. The Balaban J connectivity index is 2.15. The van der Waals surface area contributed by atoms with Crippen LogP contribution in [-0.2, 0) is 32.3 Å². The molecule has 3 rings (SSSR count). The molecule has 1 N–H and O–H groups in total. The largest absolute Gasteiger partial charge is 0.417 e. The Kier molecular flexibility index (Phi) is 11.4. The number of sulfonamides is 1. The summed E-state index contributed by atoms with van der Waals surface area (Å²) in [5.41, 5.74) is -0.542. The molecule has 0 heterocycles. The monoisotopic (exact) mass is 655 g/mol. The van der Waals surface area contributed by atoms with E-state index in [0.29, 0.717) is 22.4 Å². The van der Waals surface area contributed by atoms with Crippen LogP contribution in [0.2, 0.25) is 5.02 Å². The first kappa shape index (κ1) is 34.8. The lowest BCUT2D eigenvalue weighted by molar-refractivity contribution is -0.140. The fraction of sp³-hybridized carbons (Fsp3) is 0.355. The molecule has 0 aliphatic heterocycles. The molecule has 44 heavy (non-hydrogen) atoms. The molecule has 3 aromatic carbocycles. The minimum atomic E-state index is -4.91. The lowest BCUT2D eigenvalue weighted by Crippen LogP contribution is -2.53. The maximum absolute atomic E-state index is 14.1. The fourth-order valence-corrected chi connectivity index (χ4v) is 6.03. The first-order valence-electron chi connectivity index (χ1n) is 13.9. The van der Waals surface area contributed by atoms with Crippen LogP contribution in [0.3, 0.4) is 0 Å². The first-order valence-corrected chi connectivity index (χ1v) is 15.7. The van der Waals surface area contributed by atoms with Gasteiger partial charge < -0.3 is 10.2 Å². The molecular formula is C31H34ClF4N3O4S. The van der Waals surface area contributed by atoms with Gasteiger partial charge in [0.1, 0.15) is 18.4 Å². The third-order valence-electron chi connectivity index (χ3n) is 7.08. The van der Waals surface area contributed by atoms with E-state index in [2.05, 4.69) is 5.32 Å². The molecule has 0 spiro atoms. The van der Waals surface area contributed by atoms with Gasteiger partial charge in [-0.15, -0.1) is 0 Å². The number of nitrogens with one attached hydrogen (secondary N) is 1. The summed E-state index contributed by atoms with van der Waals surface area (Å²) in [5.74, 6) is -1.87. The lowest BCUT2D eigenvalue weighted by Gasteiger charge is -2.34. The second-order valence-electron chi connectivity index (χ2n) is 10.4. The molecule has 3 aromatic rings. The van der Waals surface area contributed by atoms with Gasteiger partial charge in [-0.3, -0.25) is 13.9 Å². The zero-order chi connectivity index (χ0) is 32.8. The summed E-state index contributed by atoms with van der Waals surface area (Å²) < 4.78 is 83.4. The normalized spacial score (nSPS) is 13.2. The number of alkyl halides is 3. The average molecular weight is 656 g/mol.